The van der Waals surface area contributed by atoms with Gasteiger partial charge < -0.3 is 5.11 Å². The number of nitrogens with zero attached hydrogens (tertiary/aromatic N) is 3. The number of fused-ring (bicyclic) bond motifs is 2. The van der Waals surface area contributed by atoms with Gasteiger partial charge in [-0.15, -0.1) is 0 Å². The lowest BCUT2D eigenvalue weighted by Crippen LogP contribution is -2.28. The van der Waals surface area contributed by atoms with Gasteiger partial charge in [-0.05, 0) is 57.5 Å². The molecule has 4 rings (SSSR count). The van der Waals surface area contributed by atoms with Crippen LogP contribution in [-0.4, -0.2) is 54.4 Å². The highest BCUT2D eigenvalue weighted by molar-refractivity contribution is 5.05. The third kappa shape index (κ3) is 2.84. The van der Waals surface area contributed by atoms with Crippen molar-refractivity contribution in [2.24, 2.45) is 23.7 Å². The van der Waals surface area contributed by atoms with E-state index in [0.29, 0.717) is 11.8 Å². The van der Waals surface area contributed by atoms with Crippen molar-refractivity contribution in [3.63, 3.8) is 0 Å². The second-order valence-electron chi connectivity index (χ2n) is 7.58. The molecular formula is C17H29N3O. The number of aliphatic hydroxyl groups excluding tert-OH is 1. The summed E-state index contributed by atoms with van der Waals surface area (Å²) in [6, 6.07) is 2.64. The Balaban J connectivity index is 0.000000126. The van der Waals surface area contributed by atoms with Crippen LogP contribution in [0.3, 0.4) is 0 Å². The van der Waals surface area contributed by atoms with Crippen molar-refractivity contribution in [3.8, 4) is 6.07 Å². The zero-order chi connectivity index (χ0) is 15.0. The Morgan fingerprint density at radius 1 is 0.905 bits per heavy atom. The fourth-order valence-electron chi connectivity index (χ4n) is 5.20. The molecule has 2 saturated carbocycles. The summed E-state index contributed by atoms with van der Waals surface area (Å²) in [5.41, 5.74) is 0. The first-order chi connectivity index (χ1) is 10.1. The molecule has 4 aliphatic rings. The van der Waals surface area contributed by atoms with Crippen LogP contribution in [0.15, 0.2) is 0 Å². The average Bonchev–Trinajstić information content (AvgIpc) is 3.17. The molecule has 0 aromatic carbocycles. The van der Waals surface area contributed by atoms with Crippen molar-refractivity contribution >= 4 is 0 Å². The minimum atomic E-state index is -0.132. The molecule has 0 bridgehead atoms. The van der Waals surface area contributed by atoms with Crippen LogP contribution >= 0.6 is 0 Å². The number of likely N-dealkylation sites (tertiary alicyclic amines) is 2. The van der Waals surface area contributed by atoms with Gasteiger partial charge in [0.1, 0.15) is 12.3 Å². The van der Waals surface area contributed by atoms with Gasteiger partial charge in [0, 0.05) is 19.0 Å². The van der Waals surface area contributed by atoms with Crippen molar-refractivity contribution in [2.75, 3.05) is 27.2 Å². The van der Waals surface area contributed by atoms with E-state index in [1.54, 1.807) is 0 Å². The van der Waals surface area contributed by atoms with Gasteiger partial charge in [-0.1, -0.05) is 12.8 Å². The molecule has 0 aromatic heterocycles. The van der Waals surface area contributed by atoms with Gasteiger partial charge in [0.05, 0.1) is 6.07 Å². The zero-order valence-electron chi connectivity index (χ0n) is 13.4. The third-order valence-electron chi connectivity index (χ3n) is 6.33. The van der Waals surface area contributed by atoms with Crippen molar-refractivity contribution in [2.45, 2.75) is 50.8 Å². The number of rotatable bonds is 0. The van der Waals surface area contributed by atoms with Gasteiger partial charge in [-0.2, -0.15) is 5.26 Å². The van der Waals surface area contributed by atoms with E-state index >= 15 is 0 Å². The van der Waals surface area contributed by atoms with E-state index in [1.807, 2.05) is 7.05 Å². The summed E-state index contributed by atoms with van der Waals surface area (Å²) in [5, 5.41) is 18.5. The Bertz CT molecular complexity index is 405. The lowest BCUT2D eigenvalue weighted by Gasteiger charge is -2.16. The van der Waals surface area contributed by atoms with E-state index in [9.17, 15) is 5.11 Å². The minimum Gasteiger partial charge on any atom is -0.378 e. The van der Waals surface area contributed by atoms with Crippen LogP contribution in [0.2, 0.25) is 0 Å². The predicted octanol–water partition coefficient (Wildman–Crippen LogP) is 1.91. The van der Waals surface area contributed by atoms with Gasteiger partial charge in [-0.3, -0.25) is 9.80 Å². The largest absolute Gasteiger partial charge is 0.378 e. The first-order valence-electron chi connectivity index (χ1n) is 8.60. The molecule has 0 spiro atoms. The van der Waals surface area contributed by atoms with Crippen LogP contribution in [-0.2, 0) is 0 Å². The summed E-state index contributed by atoms with van der Waals surface area (Å²) in [7, 11) is 4.09. The monoisotopic (exact) mass is 291 g/mol. The van der Waals surface area contributed by atoms with E-state index in [2.05, 4.69) is 22.9 Å². The Morgan fingerprint density at radius 2 is 1.48 bits per heavy atom. The summed E-state index contributed by atoms with van der Waals surface area (Å²) in [6.07, 6.45) is 7.78. The number of hydrogen-bond donors (Lipinski definition) is 1. The average molecular weight is 291 g/mol. The summed E-state index contributed by atoms with van der Waals surface area (Å²) in [5.74, 6) is 2.94. The summed E-state index contributed by atoms with van der Waals surface area (Å²) in [6.45, 7) is 2.27. The molecule has 0 radical (unpaired) electrons. The van der Waals surface area contributed by atoms with Crippen LogP contribution in [0, 0.1) is 35.0 Å². The summed E-state index contributed by atoms with van der Waals surface area (Å²) < 4.78 is 0. The Kier molecular flexibility index (Phi) is 4.54. The van der Waals surface area contributed by atoms with Crippen LogP contribution < -0.4 is 0 Å². The second-order valence-corrected chi connectivity index (χ2v) is 7.58. The Morgan fingerprint density at radius 3 is 2.10 bits per heavy atom. The number of hydrogen-bond acceptors (Lipinski definition) is 4. The maximum Gasteiger partial charge on any atom is 0.110 e. The Labute approximate surface area is 128 Å². The zero-order valence-corrected chi connectivity index (χ0v) is 13.4. The molecule has 1 N–H and O–H groups in total. The molecular weight excluding hydrogens is 262 g/mol. The predicted molar refractivity (Wildman–Crippen MR) is 82.3 cm³/mol. The molecule has 2 aliphatic heterocycles. The smallest absolute Gasteiger partial charge is 0.110 e. The lowest BCUT2D eigenvalue weighted by atomic mass is 9.95. The quantitative estimate of drug-likeness (QED) is 0.741. The maximum absolute atomic E-state index is 9.59. The molecule has 4 fully saturated rings. The van der Waals surface area contributed by atoms with E-state index in [-0.39, 0.29) is 12.3 Å². The van der Waals surface area contributed by atoms with Gasteiger partial charge in [-0.25, -0.2) is 0 Å². The van der Waals surface area contributed by atoms with Crippen molar-refractivity contribution in [3.05, 3.63) is 0 Å². The fraction of sp³-hybridized carbons (Fsp3) is 0.941. The van der Waals surface area contributed by atoms with Crippen molar-refractivity contribution in [1.29, 1.82) is 5.26 Å². The molecule has 2 heterocycles. The van der Waals surface area contributed by atoms with E-state index in [0.717, 1.165) is 24.9 Å². The van der Waals surface area contributed by atoms with Crippen LogP contribution in [0.25, 0.3) is 0 Å². The lowest BCUT2D eigenvalue weighted by molar-refractivity contribution is 0.0225. The molecule has 2 saturated heterocycles. The highest BCUT2D eigenvalue weighted by Gasteiger charge is 2.42. The van der Waals surface area contributed by atoms with Crippen LogP contribution in [0.5, 0.6) is 0 Å². The minimum absolute atomic E-state index is 0.132. The Hall–Kier alpha value is -0.630. The molecule has 6 atom stereocenters. The first-order valence-corrected chi connectivity index (χ1v) is 8.60. The van der Waals surface area contributed by atoms with Gasteiger partial charge in [0.25, 0.3) is 0 Å². The van der Waals surface area contributed by atoms with Crippen LogP contribution in [0.4, 0.5) is 0 Å². The molecule has 2 aliphatic carbocycles. The first kappa shape index (κ1) is 15.3. The number of nitriles is 1. The molecule has 1 unspecified atom stereocenters. The SMILES string of the molecule is CN1C[C@@H]2CCC[C@@H]2C1O.CN1C[C@@H]2CCC[C@@H]2[C@H]1C#N. The van der Waals surface area contributed by atoms with Gasteiger partial charge in [0.2, 0.25) is 0 Å². The molecule has 4 nitrogen and oxygen atoms in total. The third-order valence-corrected chi connectivity index (χ3v) is 6.33. The molecule has 0 amide bonds. The van der Waals surface area contributed by atoms with Crippen LogP contribution in [0.1, 0.15) is 38.5 Å². The maximum atomic E-state index is 9.59. The van der Waals surface area contributed by atoms with Crippen molar-refractivity contribution < 1.29 is 5.11 Å². The highest BCUT2D eigenvalue weighted by Crippen LogP contribution is 2.41. The summed E-state index contributed by atoms with van der Waals surface area (Å²) in [4.78, 5) is 4.29. The molecule has 118 valence electrons. The second kappa shape index (κ2) is 6.24. The van der Waals surface area contributed by atoms with E-state index in [4.69, 9.17) is 5.26 Å². The molecule has 21 heavy (non-hydrogen) atoms. The van der Waals surface area contributed by atoms with Gasteiger partial charge >= 0.3 is 0 Å². The molecule has 0 aromatic rings. The van der Waals surface area contributed by atoms with Crippen molar-refractivity contribution in [1.82, 2.24) is 9.80 Å². The molecule has 4 heteroatoms. The van der Waals surface area contributed by atoms with Gasteiger partial charge in [0.15, 0.2) is 0 Å². The van der Waals surface area contributed by atoms with E-state index in [1.165, 1.54) is 38.5 Å². The summed E-state index contributed by atoms with van der Waals surface area (Å²) >= 11 is 0. The fourth-order valence-corrected chi connectivity index (χ4v) is 5.20. The topological polar surface area (TPSA) is 50.5 Å². The van der Waals surface area contributed by atoms with E-state index < -0.39 is 0 Å². The normalized spacial score (nSPS) is 45.8. The number of aliphatic hydroxyl groups is 1. The highest BCUT2D eigenvalue weighted by atomic mass is 16.3. The standard InChI is InChI=1S/C9H14N2.C8H15NO/c1-11-6-7-3-2-4-8(7)9(11)5-10;1-9-5-6-3-2-4-7(6)8(9)10/h7-9H,2-4,6H2,1H3;6-8,10H,2-5H2,1H3/t7-,8-,9+;6-,7-,8?/m00/s1.